The van der Waals surface area contributed by atoms with E-state index in [4.69, 9.17) is 5.73 Å². The summed E-state index contributed by atoms with van der Waals surface area (Å²) in [6, 6.07) is 0.822. The van der Waals surface area contributed by atoms with Crippen molar-refractivity contribution in [3.05, 3.63) is 0 Å². The molecule has 0 amide bonds. The maximum absolute atomic E-state index is 5.76. The summed E-state index contributed by atoms with van der Waals surface area (Å²) < 4.78 is 0. The van der Waals surface area contributed by atoms with E-state index in [1.807, 2.05) is 0 Å². The lowest BCUT2D eigenvalue weighted by molar-refractivity contribution is 0.203. The lowest BCUT2D eigenvalue weighted by Gasteiger charge is -2.29. The van der Waals surface area contributed by atoms with Crippen molar-refractivity contribution in [2.24, 2.45) is 11.7 Å². The van der Waals surface area contributed by atoms with E-state index in [0.717, 1.165) is 18.6 Å². The summed E-state index contributed by atoms with van der Waals surface area (Å²) in [7, 11) is 0. The van der Waals surface area contributed by atoms with Crippen molar-refractivity contribution >= 4 is 0 Å². The molecule has 2 N–H and O–H groups in total. The monoisotopic (exact) mass is 196 g/mol. The Labute approximate surface area is 87.8 Å². The summed E-state index contributed by atoms with van der Waals surface area (Å²) in [6.07, 6.45) is 11.6. The average Bonchev–Trinajstić information content (AvgIpc) is 2.67. The molecule has 0 aromatic carbocycles. The summed E-state index contributed by atoms with van der Waals surface area (Å²) in [5.74, 6) is 1.01. The van der Waals surface area contributed by atoms with Gasteiger partial charge < -0.3 is 5.73 Å². The molecule has 0 spiro atoms. The Kier molecular flexibility index (Phi) is 3.82. The first kappa shape index (κ1) is 10.4. The number of likely N-dealkylation sites (tertiary alicyclic amines) is 1. The molecule has 1 atom stereocenters. The molecule has 82 valence electrons. The SMILES string of the molecule is NCN1CCCC1CC1CCCCC1. The molecule has 1 aliphatic carbocycles. The van der Waals surface area contributed by atoms with Crippen molar-refractivity contribution in [1.29, 1.82) is 0 Å². The second kappa shape index (κ2) is 5.13. The predicted molar refractivity (Wildman–Crippen MR) is 60.0 cm³/mol. The molecule has 14 heavy (non-hydrogen) atoms. The molecule has 1 aliphatic heterocycles. The fraction of sp³-hybridized carbons (Fsp3) is 1.00. The Bertz CT molecular complexity index is 164. The number of nitrogens with zero attached hydrogens (tertiary/aromatic N) is 1. The normalized spacial score (nSPS) is 31.1. The standard InChI is InChI=1S/C12H24N2/c13-10-14-8-4-7-12(14)9-11-5-2-1-3-6-11/h11-12H,1-10,13H2. The van der Waals surface area contributed by atoms with Crippen LogP contribution in [0.3, 0.4) is 0 Å². The first-order chi connectivity index (χ1) is 6.90. The Hall–Kier alpha value is -0.0800. The van der Waals surface area contributed by atoms with Gasteiger partial charge in [0.05, 0.1) is 0 Å². The van der Waals surface area contributed by atoms with Crippen LogP contribution in [0.1, 0.15) is 51.4 Å². The van der Waals surface area contributed by atoms with E-state index in [2.05, 4.69) is 4.90 Å². The van der Waals surface area contributed by atoms with Gasteiger partial charge in [0, 0.05) is 12.7 Å². The molecule has 0 aromatic heterocycles. The third-order valence-corrected chi connectivity index (χ3v) is 4.06. The molecular weight excluding hydrogens is 172 g/mol. The Balaban J connectivity index is 1.77. The zero-order chi connectivity index (χ0) is 9.80. The third-order valence-electron chi connectivity index (χ3n) is 4.06. The van der Waals surface area contributed by atoms with E-state index in [-0.39, 0.29) is 0 Å². The van der Waals surface area contributed by atoms with Crippen molar-refractivity contribution < 1.29 is 0 Å². The smallest absolute Gasteiger partial charge is 0.0457 e. The second-order valence-electron chi connectivity index (χ2n) is 5.03. The molecule has 2 heteroatoms. The maximum Gasteiger partial charge on any atom is 0.0457 e. The van der Waals surface area contributed by atoms with E-state index in [1.54, 1.807) is 0 Å². The highest BCUT2D eigenvalue weighted by atomic mass is 15.2. The minimum Gasteiger partial charge on any atom is -0.318 e. The lowest BCUT2D eigenvalue weighted by Crippen LogP contribution is -2.36. The minimum absolute atomic E-state index is 0.775. The van der Waals surface area contributed by atoms with Crippen molar-refractivity contribution in [2.45, 2.75) is 57.4 Å². The molecule has 1 heterocycles. The summed E-state index contributed by atoms with van der Waals surface area (Å²) in [5, 5.41) is 0. The van der Waals surface area contributed by atoms with Crippen LogP contribution >= 0.6 is 0 Å². The summed E-state index contributed by atoms with van der Waals surface area (Å²) in [5.41, 5.74) is 5.76. The van der Waals surface area contributed by atoms with Gasteiger partial charge >= 0.3 is 0 Å². The Morgan fingerprint density at radius 2 is 1.79 bits per heavy atom. The van der Waals surface area contributed by atoms with Crippen LogP contribution in [0.5, 0.6) is 0 Å². The molecule has 2 nitrogen and oxygen atoms in total. The third kappa shape index (κ3) is 2.48. The highest BCUT2D eigenvalue weighted by Crippen LogP contribution is 2.31. The first-order valence-electron chi connectivity index (χ1n) is 6.34. The van der Waals surface area contributed by atoms with Crippen molar-refractivity contribution in [2.75, 3.05) is 13.2 Å². The number of hydrogen-bond acceptors (Lipinski definition) is 2. The first-order valence-corrected chi connectivity index (χ1v) is 6.34. The van der Waals surface area contributed by atoms with Gasteiger partial charge in [-0.2, -0.15) is 0 Å². The molecule has 0 aromatic rings. The van der Waals surface area contributed by atoms with Crippen LogP contribution < -0.4 is 5.73 Å². The number of rotatable bonds is 3. The predicted octanol–water partition coefficient (Wildman–Crippen LogP) is 2.34. The van der Waals surface area contributed by atoms with E-state index in [9.17, 15) is 0 Å². The molecule has 0 bridgehead atoms. The van der Waals surface area contributed by atoms with Crippen LogP contribution in [-0.4, -0.2) is 24.2 Å². The van der Waals surface area contributed by atoms with E-state index in [0.29, 0.717) is 0 Å². The molecule has 2 aliphatic rings. The average molecular weight is 196 g/mol. The highest BCUT2D eigenvalue weighted by Gasteiger charge is 2.26. The number of nitrogens with two attached hydrogens (primary N) is 1. The van der Waals surface area contributed by atoms with Crippen LogP contribution in [0, 0.1) is 5.92 Å². The van der Waals surface area contributed by atoms with Crippen LogP contribution in [0.15, 0.2) is 0 Å². The van der Waals surface area contributed by atoms with Crippen molar-refractivity contribution in [1.82, 2.24) is 4.90 Å². The topological polar surface area (TPSA) is 29.3 Å². The van der Waals surface area contributed by atoms with Crippen molar-refractivity contribution in [3.8, 4) is 0 Å². The fourth-order valence-electron chi connectivity index (χ4n) is 3.21. The van der Waals surface area contributed by atoms with Gasteiger partial charge in [-0.3, -0.25) is 4.90 Å². The quantitative estimate of drug-likeness (QED) is 0.750. The van der Waals surface area contributed by atoms with Gasteiger partial charge in [0.15, 0.2) is 0 Å². The molecule has 1 unspecified atom stereocenters. The summed E-state index contributed by atoms with van der Waals surface area (Å²) in [4.78, 5) is 2.48. The van der Waals surface area contributed by atoms with E-state index in [1.165, 1.54) is 57.9 Å². The van der Waals surface area contributed by atoms with Gasteiger partial charge in [0.25, 0.3) is 0 Å². The second-order valence-corrected chi connectivity index (χ2v) is 5.03. The fourth-order valence-corrected chi connectivity index (χ4v) is 3.21. The molecule has 1 saturated heterocycles. The highest BCUT2D eigenvalue weighted by molar-refractivity contribution is 4.81. The van der Waals surface area contributed by atoms with Crippen LogP contribution in [0.4, 0.5) is 0 Å². The maximum atomic E-state index is 5.76. The summed E-state index contributed by atoms with van der Waals surface area (Å²) >= 11 is 0. The largest absolute Gasteiger partial charge is 0.318 e. The van der Waals surface area contributed by atoms with Crippen LogP contribution in [0.25, 0.3) is 0 Å². The lowest BCUT2D eigenvalue weighted by atomic mass is 9.84. The molecule has 2 rings (SSSR count). The molecule has 2 fully saturated rings. The van der Waals surface area contributed by atoms with Gasteiger partial charge in [-0.1, -0.05) is 32.1 Å². The van der Waals surface area contributed by atoms with E-state index >= 15 is 0 Å². The minimum atomic E-state index is 0.775. The van der Waals surface area contributed by atoms with Crippen LogP contribution in [-0.2, 0) is 0 Å². The Morgan fingerprint density at radius 3 is 2.50 bits per heavy atom. The van der Waals surface area contributed by atoms with E-state index < -0.39 is 0 Å². The number of hydrogen-bond donors (Lipinski definition) is 1. The molecular formula is C12H24N2. The van der Waals surface area contributed by atoms with Gasteiger partial charge in [-0.15, -0.1) is 0 Å². The Morgan fingerprint density at radius 1 is 1.00 bits per heavy atom. The van der Waals surface area contributed by atoms with Gasteiger partial charge in [-0.25, -0.2) is 0 Å². The van der Waals surface area contributed by atoms with Crippen molar-refractivity contribution in [3.63, 3.8) is 0 Å². The summed E-state index contributed by atoms with van der Waals surface area (Å²) in [6.45, 7) is 2.02. The van der Waals surface area contributed by atoms with Gasteiger partial charge in [0.1, 0.15) is 0 Å². The van der Waals surface area contributed by atoms with Gasteiger partial charge in [-0.05, 0) is 31.7 Å². The molecule has 1 saturated carbocycles. The van der Waals surface area contributed by atoms with Crippen LogP contribution in [0.2, 0.25) is 0 Å². The van der Waals surface area contributed by atoms with Gasteiger partial charge in [0.2, 0.25) is 0 Å². The zero-order valence-electron chi connectivity index (χ0n) is 9.25. The molecule has 0 radical (unpaired) electrons. The zero-order valence-corrected chi connectivity index (χ0v) is 9.25.